The van der Waals surface area contributed by atoms with E-state index in [1.807, 2.05) is 30.3 Å². The van der Waals surface area contributed by atoms with Gasteiger partial charge in [-0.15, -0.1) is 0 Å². The molecule has 0 aromatic heterocycles. The average molecular weight is 438 g/mol. The van der Waals surface area contributed by atoms with Gasteiger partial charge in [-0.25, -0.2) is 4.90 Å². The van der Waals surface area contributed by atoms with Crippen LogP contribution in [0.15, 0.2) is 59.2 Å². The SMILES string of the molecule is NC(=O)[C@@H]1[C@@H]2C(=O)N(c3ccc(Br)cc3)C(=O)[C@@H]2C2c3ccccc3C=CN21. The minimum Gasteiger partial charge on any atom is -0.368 e. The summed E-state index contributed by atoms with van der Waals surface area (Å²) in [5, 5.41) is 0. The summed E-state index contributed by atoms with van der Waals surface area (Å²) in [5.74, 6) is -2.71. The fourth-order valence-corrected chi connectivity index (χ4v) is 4.99. The monoisotopic (exact) mass is 437 g/mol. The number of anilines is 1. The summed E-state index contributed by atoms with van der Waals surface area (Å²) in [6.45, 7) is 0. The Kier molecular flexibility index (Phi) is 3.71. The van der Waals surface area contributed by atoms with Crippen LogP contribution in [0.2, 0.25) is 0 Å². The molecular weight excluding hydrogens is 422 g/mol. The van der Waals surface area contributed by atoms with Gasteiger partial charge in [0.1, 0.15) is 6.04 Å². The number of nitrogens with zero attached hydrogens (tertiary/aromatic N) is 2. The highest BCUT2D eigenvalue weighted by Gasteiger charge is 2.64. The first-order valence-electron chi connectivity index (χ1n) is 8.96. The van der Waals surface area contributed by atoms with Gasteiger partial charge in [0.05, 0.1) is 23.6 Å². The summed E-state index contributed by atoms with van der Waals surface area (Å²) in [5.41, 5.74) is 8.11. The van der Waals surface area contributed by atoms with Crippen LogP contribution in [-0.4, -0.2) is 28.7 Å². The van der Waals surface area contributed by atoms with E-state index in [-0.39, 0.29) is 17.9 Å². The maximum atomic E-state index is 13.4. The zero-order valence-electron chi connectivity index (χ0n) is 14.7. The molecule has 2 aromatic rings. The summed E-state index contributed by atoms with van der Waals surface area (Å²) in [6.07, 6.45) is 3.68. The van der Waals surface area contributed by atoms with Crippen LogP contribution in [0.1, 0.15) is 17.2 Å². The molecule has 0 radical (unpaired) electrons. The Morgan fingerprint density at radius 1 is 0.964 bits per heavy atom. The molecule has 3 heterocycles. The van der Waals surface area contributed by atoms with Gasteiger partial charge >= 0.3 is 0 Å². The van der Waals surface area contributed by atoms with Crippen molar-refractivity contribution in [3.8, 4) is 0 Å². The summed E-state index contributed by atoms with van der Waals surface area (Å²) >= 11 is 3.36. The number of nitrogens with two attached hydrogens (primary N) is 1. The van der Waals surface area contributed by atoms with Gasteiger partial charge in [0.15, 0.2) is 0 Å². The van der Waals surface area contributed by atoms with E-state index in [1.54, 1.807) is 35.4 Å². The third-order valence-electron chi connectivity index (χ3n) is 5.84. The van der Waals surface area contributed by atoms with Crippen molar-refractivity contribution < 1.29 is 14.4 Å². The van der Waals surface area contributed by atoms with Gasteiger partial charge in [0.25, 0.3) is 0 Å². The molecule has 3 aliphatic heterocycles. The van der Waals surface area contributed by atoms with E-state index in [0.29, 0.717) is 5.69 Å². The average Bonchev–Trinajstić information content (AvgIpc) is 3.16. The van der Waals surface area contributed by atoms with Crippen LogP contribution in [0.3, 0.4) is 0 Å². The first-order valence-corrected chi connectivity index (χ1v) is 9.75. The van der Waals surface area contributed by atoms with Gasteiger partial charge in [-0.3, -0.25) is 14.4 Å². The molecule has 2 aromatic carbocycles. The van der Waals surface area contributed by atoms with E-state index in [9.17, 15) is 14.4 Å². The number of benzene rings is 2. The lowest BCUT2D eigenvalue weighted by Crippen LogP contribution is -2.46. The summed E-state index contributed by atoms with van der Waals surface area (Å²) in [4.78, 5) is 42.0. The Morgan fingerprint density at radius 2 is 1.64 bits per heavy atom. The number of halogens is 1. The summed E-state index contributed by atoms with van der Waals surface area (Å²) < 4.78 is 0.850. The second kappa shape index (κ2) is 6.04. The highest BCUT2D eigenvalue weighted by molar-refractivity contribution is 9.10. The van der Waals surface area contributed by atoms with Crippen molar-refractivity contribution in [2.24, 2.45) is 17.6 Å². The third kappa shape index (κ3) is 2.22. The number of rotatable bonds is 2. The van der Waals surface area contributed by atoms with Crippen LogP contribution in [-0.2, 0) is 14.4 Å². The molecule has 0 aliphatic carbocycles. The molecule has 2 N–H and O–H groups in total. The minimum atomic E-state index is -0.850. The first-order chi connectivity index (χ1) is 13.5. The molecule has 5 rings (SSSR count). The minimum absolute atomic E-state index is 0.291. The maximum absolute atomic E-state index is 13.4. The van der Waals surface area contributed by atoms with Crippen LogP contribution >= 0.6 is 15.9 Å². The molecule has 1 unspecified atom stereocenters. The van der Waals surface area contributed by atoms with E-state index in [1.165, 1.54) is 4.90 Å². The van der Waals surface area contributed by atoms with E-state index < -0.39 is 23.8 Å². The van der Waals surface area contributed by atoms with Gasteiger partial charge in [0, 0.05) is 10.7 Å². The number of fused-ring (bicyclic) bond motifs is 5. The molecule has 3 amide bonds. The molecule has 7 heteroatoms. The fourth-order valence-electron chi connectivity index (χ4n) is 4.73. The quantitative estimate of drug-likeness (QED) is 0.731. The number of imide groups is 1. The van der Waals surface area contributed by atoms with Gasteiger partial charge in [-0.05, 0) is 41.5 Å². The topological polar surface area (TPSA) is 83.7 Å². The Labute approximate surface area is 169 Å². The molecule has 0 saturated carbocycles. The second-order valence-electron chi connectivity index (χ2n) is 7.22. The predicted octanol–water partition coefficient (Wildman–Crippen LogP) is 2.45. The molecule has 3 aliphatic rings. The number of hydrogen-bond acceptors (Lipinski definition) is 4. The lowest BCUT2D eigenvalue weighted by Gasteiger charge is -2.34. The number of carbonyl (C=O) groups excluding carboxylic acids is 3. The number of primary amides is 1. The molecule has 6 nitrogen and oxygen atoms in total. The first kappa shape index (κ1) is 17.2. The molecular formula is C21H16BrN3O3. The normalized spacial score (nSPS) is 27.6. The molecule has 4 atom stereocenters. The van der Waals surface area contributed by atoms with Crippen molar-refractivity contribution in [3.05, 3.63) is 70.3 Å². The van der Waals surface area contributed by atoms with Gasteiger partial charge in [0.2, 0.25) is 17.7 Å². The zero-order chi connectivity index (χ0) is 19.6. The molecule has 0 bridgehead atoms. The van der Waals surface area contributed by atoms with Crippen molar-refractivity contribution in [2.45, 2.75) is 12.1 Å². The third-order valence-corrected chi connectivity index (χ3v) is 6.37. The van der Waals surface area contributed by atoms with Crippen molar-refractivity contribution in [3.63, 3.8) is 0 Å². The van der Waals surface area contributed by atoms with Gasteiger partial charge in [-0.2, -0.15) is 0 Å². The Bertz CT molecular complexity index is 1050. The zero-order valence-corrected chi connectivity index (χ0v) is 16.2. The van der Waals surface area contributed by atoms with Crippen molar-refractivity contribution >= 4 is 45.4 Å². The highest BCUT2D eigenvalue weighted by Crippen LogP contribution is 2.52. The highest BCUT2D eigenvalue weighted by atomic mass is 79.9. The van der Waals surface area contributed by atoms with Gasteiger partial charge in [-0.1, -0.05) is 40.2 Å². The van der Waals surface area contributed by atoms with Crippen LogP contribution in [0, 0.1) is 11.8 Å². The van der Waals surface area contributed by atoms with Crippen molar-refractivity contribution in [1.82, 2.24) is 4.90 Å². The second-order valence-corrected chi connectivity index (χ2v) is 8.14. The Morgan fingerprint density at radius 3 is 2.36 bits per heavy atom. The van der Waals surface area contributed by atoms with E-state index >= 15 is 0 Å². The number of amides is 3. The van der Waals surface area contributed by atoms with Gasteiger partial charge < -0.3 is 10.6 Å². The lowest BCUT2D eigenvalue weighted by molar-refractivity contribution is -0.129. The number of hydrogen-bond donors (Lipinski definition) is 1. The maximum Gasteiger partial charge on any atom is 0.240 e. The molecule has 28 heavy (non-hydrogen) atoms. The lowest BCUT2D eigenvalue weighted by atomic mass is 9.84. The fraction of sp³-hybridized carbons (Fsp3) is 0.190. The van der Waals surface area contributed by atoms with Crippen LogP contribution < -0.4 is 10.6 Å². The predicted molar refractivity (Wildman–Crippen MR) is 107 cm³/mol. The molecule has 2 fully saturated rings. The van der Waals surface area contributed by atoms with E-state index in [4.69, 9.17) is 5.73 Å². The largest absolute Gasteiger partial charge is 0.368 e. The number of carbonyl (C=O) groups is 3. The Hall–Kier alpha value is -2.93. The van der Waals surface area contributed by atoms with E-state index in [0.717, 1.165) is 15.6 Å². The van der Waals surface area contributed by atoms with E-state index in [2.05, 4.69) is 15.9 Å². The molecule has 140 valence electrons. The standard InChI is InChI=1S/C21H16BrN3O3/c22-12-5-7-13(8-6-12)25-20(27)15-16(21(25)28)18(19(23)26)24-10-9-11-3-1-2-4-14(11)17(15)24/h1-10,15-18H,(H2,23,26)/t15-,16+,17?,18-/m0/s1. The van der Waals surface area contributed by atoms with Crippen molar-refractivity contribution in [2.75, 3.05) is 4.90 Å². The van der Waals surface area contributed by atoms with Crippen LogP contribution in [0.25, 0.3) is 6.08 Å². The summed E-state index contributed by atoms with van der Waals surface area (Å²) in [7, 11) is 0. The summed E-state index contributed by atoms with van der Waals surface area (Å²) in [6, 6.07) is 13.5. The van der Waals surface area contributed by atoms with Crippen LogP contribution in [0.4, 0.5) is 5.69 Å². The smallest absolute Gasteiger partial charge is 0.240 e. The Balaban J connectivity index is 1.65. The van der Waals surface area contributed by atoms with Crippen molar-refractivity contribution in [1.29, 1.82) is 0 Å². The molecule has 2 saturated heterocycles. The molecule has 0 spiro atoms. The van der Waals surface area contributed by atoms with Crippen LogP contribution in [0.5, 0.6) is 0 Å².